The number of amides is 1. The molecule has 43 heavy (non-hydrogen) atoms. The molecule has 0 fully saturated rings. The summed E-state index contributed by atoms with van der Waals surface area (Å²) in [5, 5.41) is 10.9. The van der Waals surface area contributed by atoms with Gasteiger partial charge in [0.1, 0.15) is 17.0 Å². The zero-order valence-electron chi connectivity index (χ0n) is 23.1. The van der Waals surface area contributed by atoms with Crippen LogP contribution >= 0.6 is 0 Å². The third-order valence-corrected chi connectivity index (χ3v) is 7.33. The Morgan fingerprint density at radius 1 is 1.00 bits per heavy atom. The van der Waals surface area contributed by atoms with Crippen molar-refractivity contribution in [1.82, 2.24) is 39.8 Å². The van der Waals surface area contributed by atoms with Gasteiger partial charge in [-0.05, 0) is 53.9 Å². The number of carbonyl (C=O) groups is 1. The van der Waals surface area contributed by atoms with Gasteiger partial charge >= 0.3 is 0 Å². The summed E-state index contributed by atoms with van der Waals surface area (Å²) in [5.74, 6) is -0.164. The Balaban J connectivity index is 1.37. The molecule has 0 atom stereocenters. The van der Waals surface area contributed by atoms with Crippen LogP contribution in [0.3, 0.4) is 0 Å². The molecule has 0 unspecified atom stereocenters. The Hall–Kier alpha value is -5.08. The number of benzene rings is 1. The maximum atomic E-state index is 14.6. The number of hydrogen-bond donors (Lipinski definition) is 4. The van der Waals surface area contributed by atoms with Gasteiger partial charge in [-0.1, -0.05) is 6.92 Å². The summed E-state index contributed by atoms with van der Waals surface area (Å²) in [6.45, 7) is 1.89. The molecule has 0 aliphatic heterocycles. The Morgan fingerprint density at radius 2 is 1.84 bits per heavy atom. The normalized spacial score (nSPS) is 11.8. The number of nitrogens with zero attached hydrogens (tertiary/aromatic N) is 5. The summed E-state index contributed by atoms with van der Waals surface area (Å²) in [6, 6.07) is 9.81. The molecule has 12 nitrogen and oxygen atoms in total. The zero-order valence-corrected chi connectivity index (χ0v) is 24.0. The highest BCUT2D eigenvalue weighted by Crippen LogP contribution is 2.32. The lowest BCUT2D eigenvalue weighted by Crippen LogP contribution is -2.21. The quantitative estimate of drug-likeness (QED) is 0.187. The van der Waals surface area contributed by atoms with Crippen LogP contribution in [0.1, 0.15) is 25.3 Å². The van der Waals surface area contributed by atoms with Crippen LogP contribution in [0.15, 0.2) is 61.2 Å². The fourth-order valence-corrected chi connectivity index (χ4v) is 5.17. The minimum absolute atomic E-state index is 0.0538. The van der Waals surface area contributed by atoms with Gasteiger partial charge in [-0.25, -0.2) is 32.5 Å². The molecule has 0 saturated carbocycles. The van der Waals surface area contributed by atoms with E-state index in [9.17, 15) is 17.6 Å². The number of rotatable bonds is 9. The van der Waals surface area contributed by atoms with Crippen molar-refractivity contribution in [3.05, 3.63) is 72.6 Å². The Bertz CT molecular complexity index is 2110. The van der Waals surface area contributed by atoms with Crippen LogP contribution in [-0.4, -0.2) is 55.7 Å². The average Bonchev–Trinajstić information content (AvgIpc) is 3.59. The summed E-state index contributed by atoms with van der Waals surface area (Å²) < 4.78 is 40.0. The second kappa shape index (κ2) is 11.3. The Kier molecular flexibility index (Phi) is 7.38. The molecule has 1 aromatic carbocycles. The highest BCUT2D eigenvalue weighted by molar-refractivity contribution is 7.88. The first-order valence-electron chi connectivity index (χ1n) is 13.4. The number of imidazole rings is 1. The van der Waals surface area contributed by atoms with Crippen molar-refractivity contribution in [1.29, 1.82) is 0 Å². The van der Waals surface area contributed by atoms with Crippen LogP contribution in [0.2, 0.25) is 0 Å². The van der Waals surface area contributed by atoms with Crippen molar-refractivity contribution >= 4 is 43.8 Å². The predicted octanol–water partition coefficient (Wildman–Crippen LogP) is 4.55. The van der Waals surface area contributed by atoms with E-state index >= 15 is 0 Å². The van der Waals surface area contributed by atoms with E-state index in [1.165, 1.54) is 12.1 Å². The smallest absolute Gasteiger partial charge is 0.224 e. The van der Waals surface area contributed by atoms with Gasteiger partial charge in [0.25, 0.3) is 0 Å². The third kappa shape index (κ3) is 6.10. The molecule has 5 heterocycles. The number of hydrogen-bond acceptors (Lipinski definition) is 8. The van der Waals surface area contributed by atoms with E-state index < -0.39 is 15.8 Å². The van der Waals surface area contributed by atoms with Crippen LogP contribution in [0.4, 0.5) is 10.1 Å². The molecule has 0 bridgehead atoms. The molecule has 14 heteroatoms. The summed E-state index contributed by atoms with van der Waals surface area (Å²) in [7, 11) is -3.45. The molecule has 0 radical (unpaired) electrons. The number of nitrogens with one attached hydrogen (secondary N) is 4. The Labute approximate surface area is 245 Å². The molecule has 0 aliphatic rings. The molecular weight excluding hydrogens is 573 g/mol. The number of carbonyl (C=O) groups excluding carboxylic acids is 1. The summed E-state index contributed by atoms with van der Waals surface area (Å²) in [5.41, 5.74) is 5.71. The van der Waals surface area contributed by atoms with Gasteiger partial charge in [-0.2, -0.15) is 5.10 Å². The molecule has 218 valence electrons. The lowest BCUT2D eigenvalue weighted by molar-refractivity contribution is -0.116. The van der Waals surface area contributed by atoms with Crippen molar-refractivity contribution < 1.29 is 17.6 Å². The minimum atomic E-state index is -3.45. The van der Waals surface area contributed by atoms with Gasteiger partial charge in [-0.15, -0.1) is 0 Å². The Morgan fingerprint density at radius 3 is 2.65 bits per heavy atom. The van der Waals surface area contributed by atoms with Gasteiger partial charge < -0.3 is 10.3 Å². The second-order valence-corrected chi connectivity index (χ2v) is 11.9. The molecule has 5 aromatic heterocycles. The average molecular weight is 600 g/mol. The van der Waals surface area contributed by atoms with Gasteiger partial charge in [0.05, 0.1) is 23.5 Å². The number of fused-ring (bicyclic) bond motifs is 2. The van der Waals surface area contributed by atoms with Crippen molar-refractivity contribution in [2.24, 2.45) is 0 Å². The van der Waals surface area contributed by atoms with Gasteiger partial charge in [-0.3, -0.25) is 14.9 Å². The van der Waals surface area contributed by atoms with Crippen LogP contribution in [0, 0.1) is 5.82 Å². The van der Waals surface area contributed by atoms with E-state index in [-0.39, 0.29) is 12.5 Å². The number of sulfonamides is 1. The lowest BCUT2D eigenvalue weighted by Gasteiger charge is -2.08. The number of aromatic amines is 2. The molecule has 0 saturated heterocycles. The molecule has 1 amide bonds. The van der Waals surface area contributed by atoms with E-state index in [1.807, 2.05) is 19.1 Å². The van der Waals surface area contributed by atoms with Crippen LogP contribution < -0.4 is 10.0 Å². The van der Waals surface area contributed by atoms with Crippen molar-refractivity contribution in [3.63, 3.8) is 0 Å². The first-order chi connectivity index (χ1) is 20.7. The monoisotopic (exact) mass is 599 g/mol. The molecule has 4 N–H and O–H groups in total. The maximum absolute atomic E-state index is 14.6. The predicted molar refractivity (Wildman–Crippen MR) is 161 cm³/mol. The molecule has 6 aromatic rings. The standard InChI is InChI=1S/C29H26FN9O3S/c1-3-4-24(40)35-21-10-18(13-31-15-21)19-11-23-26(38-39-27(23)33-14-19)29-36-25-22(5-6-32-28(25)37-29)17-7-16(8-20(30)9-17)12-34-43(2,41)42/h5-11,13-15,34H,3-4,12H2,1-2H3,(H,35,40)(H,32,36,37)(H,33,38,39). The summed E-state index contributed by atoms with van der Waals surface area (Å²) in [6.07, 6.45) is 8.77. The van der Waals surface area contributed by atoms with E-state index in [2.05, 4.69) is 40.2 Å². The van der Waals surface area contributed by atoms with E-state index in [0.29, 0.717) is 62.5 Å². The lowest BCUT2D eigenvalue weighted by atomic mass is 10.0. The number of H-pyrrole nitrogens is 2. The first kappa shape index (κ1) is 28.1. The van der Waals surface area contributed by atoms with Gasteiger partial charge in [0, 0.05) is 48.2 Å². The van der Waals surface area contributed by atoms with Crippen molar-refractivity contribution in [2.75, 3.05) is 11.6 Å². The molecule has 0 aliphatic carbocycles. The van der Waals surface area contributed by atoms with E-state index in [1.54, 1.807) is 36.9 Å². The zero-order chi connectivity index (χ0) is 30.1. The largest absolute Gasteiger partial charge is 0.325 e. The highest BCUT2D eigenvalue weighted by atomic mass is 32.2. The van der Waals surface area contributed by atoms with Crippen LogP contribution in [0.5, 0.6) is 0 Å². The SMILES string of the molecule is CCCC(=O)Nc1cncc(-c2cnc3[nH]nc(-c4nc5c(-c6cc(F)cc(CNS(C)(=O)=O)c6)ccnc5[nH]4)c3c2)c1. The van der Waals surface area contributed by atoms with E-state index in [4.69, 9.17) is 4.98 Å². The van der Waals surface area contributed by atoms with Crippen molar-refractivity contribution in [3.8, 4) is 33.8 Å². The minimum Gasteiger partial charge on any atom is -0.325 e. The van der Waals surface area contributed by atoms with Crippen molar-refractivity contribution in [2.45, 2.75) is 26.3 Å². The molecular formula is C29H26FN9O3S. The number of pyridine rings is 3. The second-order valence-electron chi connectivity index (χ2n) is 10.0. The highest BCUT2D eigenvalue weighted by Gasteiger charge is 2.18. The van der Waals surface area contributed by atoms with Crippen LogP contribution in [0.25, 0.3) is 56.0 Å². The third-order valence-electron chi connectivity index (χ3n) is 6.66. The first-order valence-corrected chi connectivity index (χ1v) is 15.2. The fourth-order valence-electron chi connectivity index (χ4n) is 4.74. The van der Waals surface area contributed by atoms with Gasteiger partial charge in [0.15, 0.2) is 17.1 Å². The van der Waals surface area contributed by atoms with Gasteiger partial charge in [0.2, 0.25) is 15.9 Å². The maximum Gasteiger partial charge on any atom is 0.224 e. The summed E-state index contributed by atoms with van der Waals surface area (Å²) >= 11 is 0. The summed E-state index contributed by atoms with van der Waals surface area (Å²) in [4.78, 5) is 33.2. The molecule has 6 rings (SSSR count). The van der Waals surface area contributed by atoms with E-state index in [0.717, 1.165) is 23.8 Å². The number of anilines is 1. The fraction of sp³-hybridized carbons (Fsp3) is 0.172. The number of halogens is 1. The van der Waals surface area contributed by atoms with Crippen LogP contribution in [-0.2, 0) is 21.4 Å². The topological polar surface area (TPSA) is 171 Å². The molecule has 0 spiro atoms. The number of aromatic nitrogens is 7.